The van der Waals surface area contributed by atoms with E-state index in [1.54, 1.807) is 44.5 Å². The molecule has 136 valence electrons. The van der Waals surface area contributed by atoms with Gasteiger partial charge in [-0.2, -0.15) is 0 Å². The summed E-state index contributed by atoms with van der Waals surface area (Å²) in [6, 6.07) is 12.6. The highest BCUT2D eigenvalue weighted by atomic mass is 35.5. The number of carbonyl (C=O) groups excluding carboxylic acids is 2. The summed E-state index contributed by atoms with van der Waals surface area (Å²) >= 11 is 6.01. The summed E-state index contributed by atoms with van der Waals surface area (Å²) in [5.74, 6) is 0.0668. The van der Waals surface area contributed by atoms with Crippen LogP contribution in [0.5, 0.6) is 5.75 Å². The normalized spacial score (nSPS) is 10.6. The number of benzene rings is 2. The summed E-state index contributed by atoms with van der Waals surface area (Å²) in [6.07, 6.45) is 3.09. The zero-order valence-corrected chi connectivity index (χ0v) is 15.7. The molecule has 0 spiro atoms. The summed E-state index contributed by atoms with van der Waals surface area (Å²) in [4.78, 5) is 25.7. The maximum absolute atomic E-state index is 12.2. The summed E-state index contributed by atoms with van der Waals surface area (Å²) < 4.78 is 5.28. The van der Waals surface area contributed by atoms with Crippen molar-refractivity contribution >= 4 is 35.2 Å². The number of nitrogens with one attached hydrogen (secondary N) is 1. The Morgan fingerprint density at radius 2 is 1.96 bits per heavy atom. The number of aryl methyl sites for hydroxylation is 1. The van der Waals surface area contributed by atoms with Crippen molar-refractivity contribution in [3.8, 4) is 5.75 Å². The van der Waals surface area contributed by atoms with Gasteiger partial charge in [-0.3, -0.25) is 9.59 Å². The summed E-state index contributed by atoms with van der Waals surface area (Å²) in [5.41, 5.74) is 2.38. The van der Waals surface area contributed by atoms with Gasteiger partial charge in [0.05, 0.1) is 24.4 Å². The molecule has 0 radical (unpaired) electrons. The van der Waals surface area contributed by atoms with Crippen LogP contribution in [-0.2, 0) is 9.59 Å². The number of nitrogens with zero attached hydrogens (tertiary/aromatic N) is 1. The van der Waals surface area contributed by atoms with Gasteiger partial charge in [0.1, 0.15) is 5.75 Å². The number of amides is 2. The Balaban J connectivity index is 1.98. The minimum Gasteiger partial charge on any atom is -0.496 e. The minimum absolute atomic E-state index is 0.0840. The molecule has 0 aliphatic rings. The molecule has 0 unspecified atom stereocenters. The van der Waals surface area contributed by atoms with Crippen LogP contribution in [0.3, 0.4) is 0 Å². The predicted molar refractivity (Wildman–Crippen MR) is 104 cm³/mol. The number of ether oxygens (including phenoxy) is 1. The van der Waals surface area contributed by atoms with Crippen molar-refractivity contribution in [2.75, 3.05) is 26.0 Å². The van der Waals surface area contributed by atoms with E-state index < -0.39 is 0 Å². The molecular formula is C20H21ClN2O3. The molecule has 5 nitrogen and oxygen atoms in total. The standard InChI is InChI=1S/C20H21ClN2O3/c1-14-8-10-18(26-3)15(12-14)9-11-20(25)23(2)13-19(24)22-17-7-5-4-6-16(17)21/h4-12H,13H2,1-3H3,(H,22,24)/b11-9+. The Hall–Kier alpha value is -2.79. The Kier molecular flexibility index (Phi) is 6.81. The zero-order valence-electron chi connectivity index (χ0n) is 15.0. The number of hydrogen-bond donors (Lipinski definition) is 1. The first-order chi connectivity index (χ1) is 12.4. The molecule has 0 aliphatic carbocycles. The van der Waals surface area contributed by atoms with Gasteiger partial charge in [-0.05, 0) is 37.3 Å². The molecule has 2 aromatic rings. The molecule has 0 saturated carbocycles. The molecule has 0 atom stereocenters. The first kappa shape index (κ1) is 19.5. The molecule has 1 N–H and O–H groups in total. The SMILES string of the molecule is COc1ccc(C)cc1/C=C/C(=O)N(C)CC(=O)Nc1ccccc1Cl. The van der Waals surface area contributed by atoms with Gasteiger partial charge in [0.15, 0.2) is 0 Å². The highest BCUT2D eigenvalue weighted by molar-refractivity contribution is 6.33. The van der Waals surface area contributed by atoms with Crippen LogP contribution in [0.25, 0.3) is 6.08 Å². The Morgan fingerprint density at radius 3 is 2.65 bits per heavy atom. The number of rotatable bonds is 6. The van der Waals surface area contributed by atoms with E-state index in [2.05, 4.69) is 5.32 Å². The van der Waals surface area contributed by atoms with E-state index in [-0.39, 0.29) is 18.4 Å². The van der Waals surface area contributed by atoms with E-state index in [1.807, 2.05) is 25.1 Å². The molecule has 26 heavy (non-hydrogen) atoms. The fraction of sp³-hybridized carbons (Fsp3) is 0.200. The van der Waals surface area contributed by atoms with Crippen molar-refractivity contribution in [2.45, 2.75) is 6.92 Å². The van der Waals surface area contributed by atoms with Crippen LogP contribution in [0.1, 0.15) is 11.1 Å². The number of likely N-dealkylation sites (N-methyl/N-ethyl adjacent to an activating group) is 1. The molecule has 6 heteroatoms. The minimum atomic E-state index is -0.324. The maximum atomic E-state index is 12.2. The van der Waals surface area contributed by atoms with E-state index in [4.69, 9.17) is 16.3 Å². The molecule has 0 fully saturated rings. The Morgan fingerprint density at radius 1 is 1.23 bits per heavy atom. The second kappa shape index (κ2) is 9.06. The smallest absolute Gasteiger partial charge is 0.246 e. The molecule has 2 rings (SSSR count). The van der Waals surface area contributed by atoms with Crippen molar-refractivity contribution in [2.24, 2.45) is 0 Å². The number of hydrogen-bond acceptors (Lipinski definition) is 3. The summed E-state index contributed by atoms with van der Waals surface area (Å²) in [7, 11) is 3.14. The third-order valence-corrected chi connectivity index (χ3v) is 4.03. The quantitative estimate of drug-likeness (QED) is 0.785. The van der Waals surface area contributed by atoms with Crippen LogP contribution in [0.2, 0.25) is 5.02 Å². The van der Waals surface area contributed by atoms with Gasteiger partial charge in [0.25, 0.3) is 0 Å². The molecule has 0 heterocycles. The molecular weight excluding hydrogens is 352 g/mol. The van der Waals surface area contributed by atoms with Crippen molar-refractivity contribution < 1.29 is 14.3 Å². The number of para-hydroxylation sites is 1. The second-order valence-corrected chi connectivity index (χ2v) is 6.21. The van der Waals surface area contributed by atoms with Crippen LogP contribution in [0.15, 0.2) is 48.5 Å². The van der Waals surface area contributed by atoms with Crippen molar-refractivity contribution in [3.63, 3.8) is 0 Å². The molecule has 2 aromatic carbocycles. The van der Waals surface area contributed by atoms with Gasteiger partial charge in [0.2, 0.25) is 11.8 Å². The molecule has 0 aromatic heterocycles. The van der Waals surface area contributed by atoms with Gasteiger partial charge >= 0.3 is 0 Å². The first-order valence-electron chi connectivity index (χ1n) is 8.03. The lowest BCUT2D eigenvalue weighted by molar-refractivity contribution is -0.129. The Labute approximate surface area is 158 Å². The summed E-state index contributed by atoms with van der Waals surface area (Å²) in [5, 5.41) is 3.13. The van der Waals surface area contributed by atoms with Gasteiger partial charge in [-0.25, -0.2) is 0 Å². The lowest BCUT2D eigenvalue weighted by Crippen LogP contribution is -2.33. The number of methoxy groups -OCH3 is 1. The average Bonchev–Trinajstić information content (AvgIpc) is 2.61. The van der Waals surface area contributed by atoms with Crippen molar-refractivity contribution in [3.05, 3.63) is 64.7 Å². The van der Waals surface area contributed by atoms with Crippen LogP contribution in [0, 0.1) is 6.92 Å². The van der Waals surface area contributed by atoms with Gasteiger partial charge < -0.3 is 15.0 Å². The number of anilines is 1. The fourth-order valence-electron chi connectivity index (χ4n) is 2.32. The van der Waals surface area contributed by atoms with Crippen LogP contribution < -0.4 is 10.1 Å². The van der Waals surface area contributed by atoms with Gasteiger partial charge in [0, 0.05) is 18.7 Å². The lowest BCUT2D eigenvalue weighted by Gasteiger charge is -2.15. The monoisotopic (exact) mass is 372 g/mol. The van der Waals surface area contributed by atoms with Crippen LogP contribution in [-0.4, -0.2) is 37.4 Å². The maximum Gasteiger partial charge on any atom is 0.246 e. The highest BCUT2D eigenvalue weighted by Gasteiger charge is 2.12. The topological polar surface area (TPSA) is 58.6 Å². The zero-order chi connectivity index (χ0) is 19.1. The van der Waals surface area contributed by atoms with E-state index in [1.165, 1.54) is 11.0 Å². The van der Waals surface area contributed by atoms with E-state index in [0.29, 0.717) is 16.5 Å². The largest absolute Gasteiger partial charge is 0.496 e. The van der Waals surface area contributed by atoms with Crippen molar-refractivity contribution in [1.82, 2.24) is 4.90 Å². The van der Waals surface area contributed by atoms with Crippen LogP contribution in [0.4, 0.5) is 5.69 Å². The third kappa shape index (κ3) is 5.36. The average molecular weight is 373 g/mol. The number of carbonyl (C=O) groups is 2. The van der Waals surface area contributed by atoms with E-state index in [9.17, 15) is 9.59 Å². The van der Waals surface area contributed by atoms with Crippen molar-refractivity contribution in [1.29, 1.82) is 0 Å². The lowest BCUT2D eigenvalue weighted by atomic mass is 10.1. The predicted octanol–water partition coefficient (Wildman–Crippen LogP) is 3.77. The van der Waals surface area contributed by atoms with Crippen LogP contribution >= 0.6 is 11.6 Å². The van der Waals surface area contributed by atoms with E-state index >= 15 is 0 Å². The van der Waals surface area contributed by atoms with E-state index in [0.717, 1.165) is 11.1 Å². The molecule has 0 saturated heterocycles. The molecule has 0 aliphatic heterocycles. The number of halogens is 1. The molecule has 0 bridgehead atoms. The third-order valence-electron chi connectivity index (χ3n) is 3.70. The second-order valence-electron chi connectivity index (χ2n) is 5.80. The Bertz CT molecular complexity index is 834. The summed E-state index contributed by atoms with van der Waals surface area (Å²) in [6.45, 7) is 1.88. The van der Waals surface area contributed by atoms with Gasteiger partial charge in [-0.15, -0.1) is 0 Å². The van der Waals surface area contributed by atoms with Gasteiger partial charge in [-0.1, -0.05) is 35.4 Å². The fourth-order valence-corrected chi connectivity index (χ4v) is 2.50. The first-order valence-corrected chi connectivity index (χ1v) is 8.40. The molecule has 2 amide bonds. The highest BCUT2D eigenvalue weighted by Crippen LogP contribution is 2.21.